The molecule has 3 aromatic rings. The van der Waals surface area contributed by atoms with Crippen LogP contribution < -0.4 is 5.43 Å². The molecule has 2 aromatic heterocycles. The number of pyridine rings is 1. The third kappa shape index (κ3) is 3.38. The predicted molar refractivity (Wildman–Crippen MR) is 101 cm³/mol. The van der Waals surface area contributed by atoms with E-state index in [1.165, 1.54) is 18.5 Å². The fourth-order valence-corrected chi connectivity index (χ4v) is 2.68. The van der Waals surface area contributed by atoms with Crippen molar-refractivity contribution in [1.29, 1.82) is 0 Å². The molecule has 0 spiro atoms. The number of hydrogen-bond donors (Lipinski definition) is 1. The van der Waals surface area contributed by atoms with E-state index in [9.17, 15) is 19.1 Å². The zero-order valence-electron chi connectivity index (χ0n) is 15.3. The largest absolute Gasteiger partial charge is 0.478 e. The molecule has 0 unspecified atom stereocenters. The second-order valence-electron chi connectivity index (χ2n) is 6.68. The van der Waals surface area contributed by atoms with Crippen LogP contribution in [0.4, 0.5) is 10.2 Å². The monoisotopic (exact) mass is 371 g/mol. The Hall–Kier alpha value is -3.29. The van der Waals surface area contributed by atoms with E-state index in [1.54, 1.807) is 19.0 Å². The van der Waals surface area contributed by atoms with Crippen molar-refractivity contribution in [2.75, 3.05) is 14.1 Å². The van der Waals surface area contributed by atoms with E-state index in [4.69, 9.17) is 4.42 Å². The van der Waals surface area contributed by atoms with Gasteiger partial charge in [-0.3, -0.25) is 4.79 Å². The van der Waals surface area contributed by atoms with Gasteiger partial charge >= 0.3 is 5.97 Å². The molecule has 8 heteroatoms. The van der Waals surface area contributed by atoms with E-state index in [0.717, 1.165) is 6.07 Å². The van der Waals surface area contributed by atoms with E-state index >= 15 is 0 Å². The van der Waals surface area contributed by atoms with Crippen LogP contribution in [0, 0.1) is 5.82 Å². The Balaban J connectivity index is 2.38. The molecule has 27 heavy (non-hydrogen) atoms. The number of fused-ring (bicyclic) bond motifs is 2. The normalized spacial score (nSPS) is 11.8. The lowest BCUT2D eigenvalue weighted by molar-refractivity contribution is 0.0697. The molecule has 0 radical (unpaired) electrons. The summed E-state index contributed by atoms with van der Waals surface area (Å²) in [6, 6.07) is 3.79. The van der Waals surface area contributed by atoms with Gasteiger partial charge in [-0.25, -0.2) is 14.2 Å². The number of hydrogen-bond acceptors (Lipinski definition) is 5. The molecule has 0 aliphatic rings. The molecule has 1 aromatic carbocycles. The Morgan fingerprint density at radius 3 is 2.59 bits per heavy atom. The van der Waals surface area contributed by atoms with Gasteiger partial charge in [0.1, 0.15) is 17.0 Å². The molecular formula is C19H18FN3O4. The summed E-state index contributed by atoms with van der Waals surface area (Å²) in [6.45, 7) is 3.62. The van der Waals surface area contributed by atoms with Gasteiger partial charge in [0.05, 0.1) is 17.1 Å². The number of carbonyl (C=O) groups is 1. The summed E-state index contributed by atoms with van der Waals surface area (Å²) < 4.78 is 19.9. The summed E-state index contributed by atoms with van der Waals surface area (Å²) >= 11 is 0. The first-order chi connectivity index (χ1) is 12.7. The number of aliphatic imine (C=N–C) groups is 1. The van der Waals surface area contributed by atoms with Crippen LogP contribution >= 0.6 is 0 Å². The summed E-state index contributed by atoms with van der Waals surface area (Å²) in [5.41, 5.74) is -0.356. The second kappa shape index (κ2) is 6.79. The average Bonchev–Trinajstić information content (AvgIpc) is 2.58. The number of aromatic nitrogens is 1. The molecule has 0 saturated heterocycles. The first kappa shape index (κ1) is 18.5. The van der Waals surface area contributed by atoms with E-state index in [0.29, 0.717) is 5.56 Å². The zero-order chi connectivity index (χ0) is 19.9. The SMILES string of the molecule is CC(C)c1cc2c(=O)c3cc(C(=O)O)c(/N=C/N(C)C)nc3oc2cc1F. The lowest BCUT2D eigenvalue weighted by Gasteiger charge is -2.09. The van der Waals surface area contributed by atoms with E-state index in [2.05, 4.69) is 9.98 Å². The topological polar surface area (TPSA) is 96.0 Å². The predicted octanol–water partition coefficient (Wildman–Crippen LogP) is 3.52. The van der Waals surface area contributed by atoms with Crippen LogP contribution in [0.1, 0.15) is 35.7 Å². The summed E-state index contributed by atoms with van der Waals surface area (Å²) in [5.74, 6) is -1.98. The standard InChI is InChI=1S/C19H18FN3O4/c1-9(2)10-5-11-15(7-14(10)20)27-18-12(16(11)24)6-13(19(25)26)17(22-18)21-8-23(3)4/h5-9H,1-4H3,(H,25,26)/b21-8+. The molecule has 7 nitrogen and oxygen atoms in total. The minimum Gasteiger partial charge on any atom is -0.478 e. The number of carboxylic acid groups (broad SMARTS) is 1. The molecule has 0 aliphatic heterocycles. The molecule has 0 saturated carbocycles. The molecule has 3 rings (SSSR count). The summed E-state index contributed by atoms with van der Waals surface area (Å²) in [4.78, 5) is 34.1. The lowest BCUT2D eigenvalue weighted by Crippen LogP contribution is -2.10. The molecule has 1 N–H and O–H groups in total. The van der Waals surface area contributed by atoms with Crippen molar-refractivity contribution in [1.82, 2.24) is 9.88 Å². The van der Waals surface area contributed by atoms with Crippen molar-refractivity contribution in [3.8, 4) is 0 Å². The van der Waals surface area contributed by atoms with Gasteiger partial charge in [0.2, 0.25) is 11.1 Å². The fraction of sp³-hybridized carbons (Fsp3) is 0.263. The third-order valence-electron chi connectivity index (χ3n) is 4.03. The lowest BCUT2D eigenvalue weighted by atomic mass is 10.00. The fourth-order valence-electron chi connectivity index (χ4n) is 2.68. The number of benzene rings is 1. The quantitative estimate of drug-likeness (QED) is 0.428. The number of carboxylic acids is 1. The number of nitrogens with zero attached hydrogens (tertiary/aromatic N) is 3. The van der Waals surface area contributed by atoms with Crippen LogP contribution in [0.2, 0.25) is 0 Å². The van der Waals surface area contributed by atoms with Crippen molar-refractivity contribution in [2.24, 2.45) is 4.99 Å². The van der Waals surface area contributed by atoms with Gasteiger partial charge < -0.3 is 14.4 Å². The Morgan fingerprint density at radius 1 is 1.30 bits per heavy atom. The summed E-state index contributed by atoms with van der Waals surface area (Å²) in [6.07, 6.45) is 1.38. The van der Waals surface area contributed by atoms with Gasteiger partial charge in [-0.05, 0) is 23.6 Å². The summed E-state index contributed by atoms with van der Waals surface area (Å²) in [7, 11) is 3.43. The number of rotatable bonds is 4. The highest BCUT2D eigenvalue weighted by atomic mass is 19.1. The molecule has 0 fully saturated rings. The van der Waals surface area contributed by atoms with Gasteiger partial charge in [-0.2, -0.15) is 4.98 Å². The maximum absolute atomic E-state index is 14.3. The van der Waals surface area contributed by atoms with Crippen molar-refractivity contribution in [2.45, 2.75) is 19.8 Å². The van der Waals surface area contributed by atoms with Gasteiger partial charge in [-0.15, -0.1) is 0 Å². The zero-order valence-corrected chi connectivity index (χ0v) is 15.3. The first-order valence-electron chi connectivity index (χ1n) is 8.24. The van der Waals surface area contributed by atoms with Crippen molar-refractivity contribution in [3.05, 3.63) is 45.4 Å². The Bertz CT molecular complexity index is 1150. The van der Waals surface area contributed by atoms with Crippen molar-refractivity contribution < 1.29 is 18.7 Å². The van der Waals surface area contributed by atoms with E-state index in [-0.39, 0.29) is 39.4 Å². The second-order valence-corrected chi connectivity index (χ2v) is 6.68. The Labute approximate surface area is 153 Å². The van der Waals surface area contributed by atoms with Crippen LogP contribution in [0.3, 0.4) is 0 Å². The van der Waals surface area contributed by atoms with Crippen LogP contribution in [0.25, 0.3) is 22.1 Å². The van der Waals surface area contributed by atoms with Gasteiger partial charge in [0.15, 0.2) is 5.82 Å². The molecule has 0 amide bonds. The maximum Gasteiger partial charge on any atom is 0.339 e. The van der Waals surface area contributed by atoms with Gasteiger partial charge in [0, 0.05) is 20.2 Å². The third-order valence-corrected chi connectivity index (χ3v) is 4.03. The average molecular weight is 371 g/mol. The highest BCUT2D eigenvalue weighted by Crippen LogP contribution is 2.27. The minimum atomic E-state index is -1.27. The maximum atomic E-state index is 14.3. The molecule has 0 atom stereocenters. The van der Waals surface area contributed by atoms with Crippen LogP contribution in [-0.2, 0) is 0 Å². The highest BCUT2D eigenvalue weighted by molar-refractivity contribution is 5.98. The molecule has 140 valence electrons. The molecule has 0 bridgehead atoms. The number of aromatic carboxylic acids is 1. The Morgan fingerprint density at radius 2 is 2.00 bits per heavy atom. The van der Waals surface area contributed by atoms with Crippen LogP contribution in [0.5, 0.6) is 0 Å². The first-order valence-corrected chi connectivity index (χ1v) is 8.24. The molecule has 2 heterocycles. The van der Waals surface area contributed by atoms with Crippen molar-refractivity contribution >= 4 is 40.2 Å². The molecular weight excluding hydrogens is 353 g/mol. The van der Waals surface area contributed by atoms with Crippen molar-refractivity contribution in [3.63, 3.8) is 0 Å². The Kier molecular flexibility index (Phi) is 4.65. The van der Waals surface area contributed by atoms with E-state index < -0.39 is 17.2 Å². The molecule has 0 aliphatic carbocycles. The van der Waals surface area contributed by atoms with Crippen LogP contribution in [-0.4, -0.2) is 41.4 Å². The summed E-state index contributed by atoms with van der Waals surface area (Å²) in [5, 5.41) is 9.62. The minimum absolute atomic E-state index is 0.00465. The highest BCUT2D eigenvalue weighted by Gasteiger charge is 2.19. The van der Waals surface area contributed by atoms with Gasteiger partial charge in [0.25, 0.3) is 0 Å². The number of halogens is 1. The smallest absolute Gasteiger partial charge is 0.339 e. The van der Waals surface area contributed by atoms with Crippen LogP contribution in [0.15, 0.2) is 32.4 Å². The van der Waals surface area contributed by atoms with Gasteiger partial charge in [-0.1, -0.05) is 13.8 Å². The van der Waals surface area contributed by atoms with E-state index in [1.807, 2.05) is 13.8 Å².